The smallest absolute Gasteiger partial charge is 0.176 e. The van der Waals surface area contributed by atoms with Gasteiger partial charge in [-0.25, -0.2) is 9.67 Å². The Morgan fingerprint density at radius 1 is 1.36 bits per heavy atom. The summed E-state index contributed by atoms with van der Waals surface area (Å²) in [5, 5.41) is 9.73. The van der Waals surface area contributed by atoms with Crippen LogP contribution in [0.5, 0.6) is 0 Å². The molecule has 0 aliphatic carbocycles. The van der Waals surface area contributed by atoms with E-state index in [-0.39, 0.29) is 11.5 Å². The Morgan fingerprint density at radius 2 is 2.18 bits per heavy atom. The van der Waals surface area contributed by atoms with Gasteiger partial charge in [0, 0.05) is 36.8 Å². The second kappa shape index (κ2) is 7.68. The number of para-hydroxylation sites is 1. The van der Waals surface area contributed by atoms with Crippen molar-refractivity contribution < 1.29 is 4.74 Å². The molecule has 0 unspecified atom stereocenters. The fourth-order valence-corrected chi connectivity index (χ4v) is 4.66. The van der Waals surface area contributed by atoms with Gasteiger partial charge in [0.1, 0.15) is 12.4 Å². The van der Waals surface area contributed by atoms with Crippen molar-refractivity contribution in [1.82, 2.24) is 25.1 Å². The summed E-state index contributed by atoms with van der Waals surface area (Å²) in [6.45, 7) is 8.36. The summed E-state index contributed by atoms with van der Waals surface area (Å²) in [6, 6.07) is 9.16. The topological polar surface area (TPSA) is 67.8 Å². The summed E-state index contributed by atoms with van der Waals surface area (Å²) in [5.74, 6) is 1.83. The van der Waals surface area contributed by atoms with Crippen LogP contribution >= 0.6 is 0 Å². The first-order chi connectivity index (χ1) is 13.5. The number of hydrogen-bond acceptors (Lipinski definition) is 4. The SMILES string of the molecule is COCc1nc2n(n1)CCC[C@H]2N[C@H](C)CC(C)(C)c1c[nH]c2ccccc12. The van der Waals surface area contributed by atoms with Crippen molar-refractivity contribution in [1.29, 1.82) is 0 Å². The van der Waals surface area contributed by atoms with Gasteiger partial charge in [-0.2, -0.15) is 5.10 Å². The number of benzene rings is 1. The lowest BCUT2D eigenvalue weighted by Crippen LogP contribution is -2.38. The van der Waals surface area contributed by atoms with E-state index >= 15 is 0 Å². The lowest BCUT2D eigenvalue weighted by Gasteiger charge is -2.32. The van der Waals surface area contributed by atoms with Crippen LogP contribution in [0.1, 0.15) is 63.3 Å². The van der Waals surface area contributed by atoms with Crippen LogP contribution in [0, 0.1) is 0 Å². The number of H-pyrrole nitrogens is 1. The van der Waals surface area contributed by atoms with Crippen LogP contribution in [0.2, 0.25) is 0 Å². The minimum atomic E-state index is 0.0650. The summed E-state index contributed by atoms with van der Waals surface area (Å²) in [6.07, 6.45) is 5.44. The fraction of sp³-hybridized carbons (Fsp3) is 0.545. The summed E-state index contributed by atoms with van der Waals surface area (Å²) in [7, 11) is 1.69. The van der Waals surface area contributed by atoms with E-state index in [9.17, 15) is 0 Å². The molecule has 0 spiro atoms. The highest BCUT2D eigenvalue weighted by Gasteiger charge is 2.30. The Labute approximate surface area is 166 Å². The van der Waals surface area contributed by atoms with E-state index in [4.69, 9.17) is 9.72 Å². The number of ether oxygens (including phenoxy) is 1. The Balaban J connectivity index is 1.48. The van der Waals surface area contributed by atoms with Crippen LogP contribution in [0.4, 0.5) is 0 Å². The number of hydrogen-bond donors (Lipinski definition) is 2. The molecule has 2 aromatic heterocycles. The van der Waals surface area contributed by atoms with Crippen LogP contribution in [-0.4, -0.2) is 32.9 Å². The lowest BCUT2D eigenvalue weighted by molar-refractivity contribution is 0.177. The molecule has 0 saturated carbocycles. The minimum Gasteiger partial charge on any atom is -0.377 e. The van der Waals surface area contributed by atoms with E-state index < -0.39 is 0 Å². The molecule has 0 amide bonds. The monoisotopic (exact) mass is 381 g/mol. The molecule has 3 heterocycles. The summed E-state index contributed by atoms with van der Waals surface area (Å²) < 4.78 is 7.25. The van der Waals surface area contributed by atoms with E-state index in [1.807, 2.05) is 4.68 Å². The number of nitrogens with one attached hydrogen (secondary N) is 2. The maximum atomic E-state index is 5.20. The van der Waals surface area contributed by atoms with Crippen LogP contribution < -0.4 is 5.32 Å². The molecule has 1 aliphatic rings. The van der Waals surface area contributed by atoms with E-state index in [0.717, 1.165) is 37.5 Å². The van der Waals surface area contributed by atoms with E-state index in [1.165, 1.54) is 16.5 Å². The molecule has 28 heavy (non-hydrogen) atoms. The zero-order valence-corrected chi connectivity index (χ0v) is 17.3. The average molecular weight is 382 g/mol. The number of nitrogens with zero attached hydrogens (tertiary/aromatic N) is 3. The van der Waals surface area contributed by atoms with Gasteiger partial charge in [0.05, 0.1) is 6.04 Å². The molecule has 2 atom stereocenters. The zero-order chi connectivity index (χ0) is 19.7. The Kier molecular flexibility index (Phi) is 5.25. The van der Waals surface area contributed by atoms with Crippen molar-refractivity contribution >= 4 is 10.9 Å². The molecule has 1 aromatic carbocycles. The van der Waals surface area contributed by atoms with Gasteiger partial charge in [0.25, 0.3) is 0 Å². The number of aromatic nitrogens is 4. The summed E-state index contributed by atoms with van der Waals surface area (Å²) in [5.41, 5.74) is 2.65. The summed E-state index contributed by atoms with van der Waals surface area (Å²) in [4.78, 5) is 8.14. The first-order valence-electron chi connectivity index (χ1n) is 10.2. The van der Waals surface area contributed by atoms with Crippen molar-refractivity contribution in [2.75, 3.05) is 7.11 Å². The van der Waals surface area contributed by atoms with E-state index in [0.29, 0.717) is 12.6 Å². The molecule has 4 rings (SSSR count). The van der Waals surface area contributed by atoms with Gasteiger partial charge in [-0.15, -0.1) is 0 Å². The predicted octanol–water partition coefficient (Wildman–Crippen LogP) is 4.09. The molecule has 2 N–H and O–H groups in total. The van der Waals surface area contributed by atoms with Crippen molar-refractivity contribution in [3.8, 4) is 0 Å². The van der Waals surface area contributed by atoms with Crippen molar-refractivity contribution in [2.45, 2.75) is 70.7 Å². The molecule has 6 heteroatoms. The highest BCUT2D eigenvalue weighted by molar-refractivity contribution is 5.84. The maximum Gasteiger partial charge on any atom is 0.176 e. The van der Waals surface area contributed by atoms with Gasteiger partial charge in [-0.3, -0.25) is 0 Å². The minimum absolute atomic E-state index is 0.0650. The Hall–Kier alpha value is -2.18. The molecule has 0 fully saturated rings. The second-order valence-corrected chi connectivity index (χ2v) is 8.64. The first kappa shape index (κ1) is 19.2. The second-order valence-electron chi connectivity index (χ2n) is 8.64. The highest BCUT2D eigenvalue weighted by atomic mass is 16.5. The number of fused-ring (bicyclic) bond motifs is 2. The van der Waals surface area contributed by atoms with Gasteiger partial charge >= 0.3 is 0 Å². The summed E-state index contributed by atoms with van der Waals surface area (Å²) >= 11 is 0. The van der Waals surface area contributed by atoms with E-state index in [2.05, 4.69) is 66.6 Å². The molecule has 6 nitrogen and oxygen atoms in total. The molecular weight excluding hydrogens is 350 g/mol. The third-order valence-electron chi connectivity index (χ3n) is 5.81. The average Bonchev–Trinajstić information content (AvgIpc) is 3.26. The fourth-order valence-electron chi connectivity index (χ4n) is 4.66. The largest absolute Gasteiger partial charge is 0.377 e. The van der Waals surface area contributed by atoms with Crippen LogP contribution in [0.25, 0.3) is 10.9 Å². The van der Waals surface area contributed by atoms with Gasteiger partial charge in [-0.05, 0) is 43.2 Å². The van der Waals surface area contributed by atoms with Gasteiger partial charge in [0.15, 0.2) is 5.82 Å². The number of aromatic amines is 1. The van der Waals surface area contributed by atoms with Gasteiger partial charge < -0.3 is 15.0 Å². The predicted molar refractivity (Wildman–Crippen MR) is 111 cm³/mol. The molecule has 0 radical (unpaired) electrons. The standard InChI is InChI=1S/C22H31N5O/c1-15(12-22(2,3)17-13-23-18-9-6-5-8-16(17)18)24-19-10-7-11-27-21(19)25-20(26-27)14-28-4/h5-6,8-9,13,15,19,23-24H,7,10-12,14H2,1-4H3/t15-,19-/m1/s1. The van der Waals surface area contributed by atoms with Crippen LogP contribution in [0.15, 0.2) is 30.5 Å². The number of rotatable bonds is 7. The van der Waals surface area contributed by atoms with Crippen molar-refractivity contribution in [2.24, 2.45) is 0 Å². The third kappa shape index (κ3) is 3.71. The van der Waals surface area contributed by atoms with Crippen molar-refractivity contribution in [3.63, 3.8) is 0 Å². The highest BCUT2D eigenvalue weighted by Crippen LogP contribution is 2.34. The molecule has 0 bridgehead atoms. The number of methoxy groups -OCH3 is 1. The Morgan fingerprint density at radius 3 is 3.00 bits per heavy atom. The van der Waals surface area contributed by atoms with Gasteiger partial charge in [0.2, 0.25) is 0 Å². The van der Waals surface area contributed by atoms with Crippen LogP contribution in [0.3, 0.4) is 0 Å². The number of aryl methyl sites for hydroxylation is 1. The molecule has 1 aliphatic heterocycles. The zero-order valence-electron chi connectivity index (χ0n) is 17.3. The lowest BCUT2D eigenvalue weighted by atomic mass is 9.79. The molecule has 150 valence electrons. The Bertz CT molecular complexity index is 941. The third-order valence-corrected chi connectivity index (χ3v) is 5.81. The van der Waals surface area contributed by atoms with Gasteiger partial charge in [-0.1, -0.05) is 32.0 Å². The van der Waals surface area contributed by atoms with Crippen molar-refractivity contribution in [3.05, 3.63) is 47.7 Å². The van der Waals surface area contributed by atoms with Crippen LogP contribution in [-0.2, 0) is 23.3 Å². The molecular formula is C22H31N5O. The quantitative estimate of drug-likeness (QED) is 0.647. The molecule has 0 saturated heterocycles. The normalized spacial score (nSPS) is 18.4. The molecule has 3 aromatic rings. The maximum absolute atomic E-state index is 5.20. The first-order valence-corrected chi connectivity index (χ1v) is 10.2. The van der Waals surface area contributed by atoms with E-state index in [1.54, 1.807) is 7.11 Å².